The Morgan fingerprint density at radius 1 is 0.765 bits per heavy atom. The molecule has 0 atom stereocenters. The molecule has 0 amide bonds. The molecule has 0 spiro atoms. The van der Waals surface area contributed by atoms with Gasteiger partial charge in [0, 0.05) is 12.8 Å². The van der Waals surface area contributed by atoms with Crippen LogP contribution in [0.1, 0.15) is 38.5 Å². The molecule has 7 nitrogen and oxygen atoms in total. The Morgan fingerprint density at radius 2 is 1.12 bits per heavy atom. The molecule has 0 radical (unpaired) electrons. The molecule has 2 aliphatic carbocycles. The number of hydrogen-bond acceptors (Lipinski definition) is 6. The summed E-state index contributed by atoms with van der Waals surface area (Å²) in [5, 5.41) is 21.9. The second kappa shape index (κ2) is 7.50. The van der Waals surface area contributed by atoms with E-state index in [1.165, 1.54) is 0 Å². The summed E-state index contributed by atoms with van der Waals surface area (Å²) in [6.07, 6.45) is 4.10. The molecule has 0 aliphatic heterocycles. The lowest BCUT2D eigenvalue weighted by molar-refractivity contribution is -0.113. The van der Waals surface area contributed by atoms with Gasteiger partial charge in [-0.3, -0.25) is 9.59 Å². The number of nitrogens with zero attached hydrogens (tertiary/aromatic N) is 2. The van der Waals surface area contributed by atoms with Gasteiger partial charge in [0.25, 0.3) is 0 Å². The zero-order valence-corrected chi connectivity index (χ0v) is 9.35. The minimum absolute atomic E-state index is 0. The maximum absolute atomic E-state index is 10.5. The predicted octanol–water partition coefficient (Wildman–Crippen LogP) is 0.314. The van der Waals surface area contributed by atoms with E-state index in [2.05, 4.69) is 10.3 Å². The van der Waals surface area contributed by atoms with Crippen molar-refractivity contribution in [3.05, 3.63) is 0 Å². The monoisotopic (exact) mass is 244 g/mol. The third-order valence-corrected chi connectivity index (χ3v) is 2.52. The standard InChI is InChI=1S/2C5H7NO2.H2O/c2*7-5-3-1-2-4(5)6-8;/h2*8H,1-3H2;1H2/b2*6-4+;. The van der Waals surface area contributed by atoms with Crippen molar-refractivity contribution in [3.8, 4) is 0 Å². The van der Waals surface area contributed by atoms with Crippen molar-refractivity contribution in [2.45, 2.75) is 38.5 Å². The fourth-order valence-electron chi connectivity index (χ4n) is 1.61. The molecule has 2 fully saturated rings. The Kier molecular flexibility index (Phi) is 6.73. The van der Waals surface area contributed by atoms with E-state index in [9.17, 15) is 9.59 Å². The lowest BCUT2D eigenvalue weighted by atomic mass is 10.3. The number of rotatable bonds is 0. The Hall–Kier alpha value is -1.76. The fourth-order valence-corrected chi connectivity index (χ4v) is 1.61. The van der Waals surface area contributed by atoms with Crippen molar-refractivity contribution in [1.82, 2.24) is 0 Å². The van der Waals surface area contributed by atoms with Crippen LogP contribution in [0.3, 0.4) is 0 Å². The lowest BCUT2D eigenvalue weighted by Crippen LogP contribution is -2.02. The van der Waals surface area contributed by atoms with E-state index in [4.69, 9.17) is 10.4 Å². The van der Waals surface area contributed by atoms with E-state index in [0.29, 0.717) is 37.1 Å². The number of oxime groups is 2. The van der Waals surface area contributed by atoms with Gasteiger partial charge in [0.1, 0.15) is 11.4 Å². The average Bonchev–Trinajstić information content (AvgIpc) is 2.87. The molecule has 0 aromatic heterocycles. The van der Waals surface area contributed by atoms with Gasteiger partial charge in [0.15, 0.2) is 11.6 Å². The third-order valence-electron chi connectivity index (χ3n) is 2.52. The van der Waals surface area contributed by atoms with Gasteiger partial charge < -0.3 is 15.9 Å². The van der Waals surface area contributed by atoms with Crippen LogP contribution in [0.5, 0.6) is 0 Å². The zero-order valence-electron chi connectivity index (χ0n) is 9.35. The molecule has 2 saturated carbocycles. The number of carbonyl (C=O) groups excluding carboxylic acids is 2. The van der Waals surface area contributed by atoms with Crippen molar-refractivity contribution >= 4 is 23.0 Å². The molecule has 0 aromatic rings. The molecular formula is C10H16N2O5. The molecule has 4 N–H and O–H groups in total. The molecule has 0 unspecified atom stereocenters. The first-order valence-electron chi connectivity index (χ1n) is 5.17. The SMILES string of the molecule is O.O=C1CCC/C1=N\O.O=C1CCC/C1=N\O. The Bertz CT molecular complexity index is 315. The number of ketones is 2. The van der Waals surface area contributed by atoms with Crippen LogP contribution in [-0.2, 0) is 9.59 Å². The van der Waals surface area contributed by atoms with E-state index in [1.54, 1.807) is 0 Å². The van der Waals surface area contributed by atoms with Gasteiger partial charge in [-0.2, -0.15) is 0 Å². The van der Waals surface area contributed by atoms with E-state index in [0.717, 1.165) is 12.8 Å². The van der Waals surface area contributed by atoms with Gasteiger partial charge in [-0.05, 0) is 25.7 Å². The first-order chi connectivity index (χ1) is 7.69. The summed E-state index contributed by atoms with van der Waals surface area (Å²) < 4.78 is 0. The van der Waals surface area contributed by atoms with Crippen molar-refractivity contribution < 1.29 is 25.5 Å². The van der Waals surface area contributed by atoms with Gasteiger partial charge in [0.2, 0.25) is 0 Å². The summed E-state index contributed by atoms with van der Waals surface area (Å²) in [4.78, 5) is 21.0. The van der Waals surface area contributed by atoms with Gasteiger partial charge in [-0.1, -0.05) is 10.3 Å². The highest BCUT2D eigenvalue weighted by atomic mass is 16.4. The van der Waals surface area contributed by atoms with Crippen molar-refractivity contribution in [3.63, 3.8) is 0 Å². The highest BCUT2D eigenvalue weighted by Gasteiger charge is 2.18. The number of hydrogen-bond donors (Lipinski definition) is 2. The second-order valence-electron chi connectivity index (χ2n) is 3.65. The number of carbonyl (C=O) groups is 2. The Labute approximate surface area is 98.1 Å². The topological polar surface area (TPSA) is 131 Å². The molecule has 0 heterocycles. The second-order valence-corrected chi connectivity index (χ2v) is 3.65. The van der Waals surface area contributed by atoms with Crippen LogP contribution in [0.2, 0.25) is 0 Å². The van der Waals surface area contributed by atoms with Crippen LogP contribution in [0, 0.1) is 0 Å². The van der Waals surface area contributed by atoms with Crippen LogP contribution in [0.4, 0.5) is 0 Å². The van der Waals surface area contributed by atoms with Gasteiger partial charge in [-0.25, -0.2) is 0 Å². The largest absolute Gasteiger partial charge is 0.412 e. The highest BCUT2D eigenvalue weighted by molar-refractivity contribution is 6.41. The first-order valence-corrected chi connectivity index (χ1v) is 5.17. The van der Waals surface area contributed by atoms with Gasteiger partial charge in [-0.15, -0.1) is 0 Å². The summed E-state index contributed by atoms with van der Waals surface area (Å²) in [7, 11) is 0. The molecule has 0 saturated heterocycles. The maximum Gasteiger partial charge on any atom is 0.180 e. The zero-order chi connectivity index (χ0) is 12.0. The lowest BCUT2D eigenvalue weighted by Gasteiger charge is -1.82. The predicted molar refractivity (Wildman–Crippen MR) is 59.8 cm³/mol. The molecule has 2 rings (SSSR count). The average molecular weight is 244 g/mol. The summed E-state index contributed by atoms with van der Waals surface area (Å²) >= 11 is 0. The molecule has 17 heavy (non-hydrogen) atoms. The highest BCUT2D eigenvalue weighted by Crippen LogP contribution is 2.10. The quantitative estimate of drug-likeness (QED) is 0.469. The van der Waals surface area contributed by atoms with Crippen molar-refractivity contribution in [1.29, 1.82) is 0 Å². The van der Waals surface area contributed by atoms with Crippen LogP contribution in [0.25, 0.3) is 0 Å². The molecule has 96 valence electrons. The van der Waals surface area contributed by atoms with Gasteiger partial charge >= 0.3 is 0 Å². The van der Waals surface area contributed by atoms with Crippen LogP contribution < -0.4 is 0 Å². The first kappa shape index (κ1) is 15.2. The summed E-state index contributed by atoms with van der Waals surface area (Å²) in [5.41, 5.74) is 0.676. The van der Waals surface area contributed by atoms with Crippen LogP contribution in [-0.4, -0.2) is 38.9 Å². The minimum Gasteiger partial charge on any atom is -0.412 e. The molecule has 0 bridgehead atoms. The molecule has 0 aromatic carbocycles. The molecule has 7 heteroatoms. The van der Waals surface area contributed by atoms with E-state index >= 15 is 0 Å². The maximum atomic E-state index is 10.5. The van der Waals surface area contributed by atoms with Gasteiger partial charge in [0.05, 0.1) is 0 Å². The van der Waals surface area contributed by atoms with E-state index in [-0.39, 0.29) is 17.0 Å². The minimum atomic E-state index is -0.00694. The van der Waals surface area contributed by atoms with E-state index < -0.39 is 0 Å². The number of Topliss-reactive ketones (excluding diaryl/α,β-unsaturated/α-hetero) is 2. The molecular weight excluding hydrogens is 228 g/mol. The summed E-state index contributed by atoms with van der Waals surface area (Å²) in [6, 6.07) is 0. The van der Waals surface area contributed by atoms with Crippen molar-refractivity contribution in [2.75, 3.05) is 0 Å². The smallest absolute Gasteiger partial charge is 0.180 e. The van der Waals surface area contributed by atoms with Crippen LogP contribution in [0.15, 0.2) is 10.3 Å². The Morgan fingerprint density at radius 3 is 1.24 bits per heavy atom. The summed E-state index contributed by atoms with van der Waals surface area (Å²) in [6.45, 7) is 0. The van der Waals surface area contributed by atoms with Crippen LogP contribution >= 0.6 is 0 Å². The van der Waals surface area contributed by atoms with Crippen molar-refractivity contribution in [2.24, 2.45) is 10.3 Å². The normalized spacial score (nSPS) is 23.5. The summed E-state index contributed by atoms with van der Waals surface area (Å²) in [5.74, 6) is -0.0139. The third kappa shape index (κ3) is 4.31. The fraction of sp³-hybridized carbons (Fsp3) is 0.600. The Balaban J connectivity index is 0.000000284. The van der Waals surface area contributed by atoms with E-state index in [1.807, 2.05) is 0 Å². The molecule has 2 aliphatic rings.